The molecule has 2 amide bonds. The maximum absolute atomic E-state index is 12.3. The SMILES string of the molecule is CCN(CCNC(=O)c1ccc(O)cn1)C(=O)CCCc1ccncc1. The predicted octanol–water partition coefficient (Wildman–Crippen LogP) is 1.78. The van der Waals surface area contributed by atoms with Crippen LogP contribution in [0.15, 0.2) is 42.9 Å². The van der Waals surface area contributed by atoms with Crippen LogP contribution in [0.4, 0.5) is 0 Å². The van der Waals surface area contributed by atoms with Crippen LogP contribution in [0, 0.1) is 0 Å². The lowest BCUT2D eigenvalue weighted by Gasteiger charge is -2.21. The number of aryl methyl sites for hydroxylation is 1. The highest BCUT2D eigenvalue weighted by molar-refractivity contribution is 5.92. The van der Waals surface area contributed by atoms with Crippen LogP contribution in [0.25, 0.3) is 0 Å². The summed E-state index contributed by atoms with van der Waals surface area (Å²) in [7, 11) is 0. The minimum absolute atomic E-state index is 0.0103. The van der Waals surface area contributed by atoms with Crippen LogP contribution in [0.5, 0.6) is 5.75 Å². The normalized spacial score (nSPS) is 10.3. The molecule has 0 unspecified atom stereocenters. The molecule has 7 heteroatoms. The monoisotopic (exact) mass is 356 g/mol. The van der Waals surface area contributed by atoms with Gasteiger partial charge in [-0.25, -0.2) is 4.98 Å². The van der Waals surface area contributed by atoms with Crippen molar-refractivity contribution in [2.75, 3.05) is 19.6 Å². The summed E-state index contributed by atoms with van der Waals surface area (Å²) < 4.78 is 0. The second-order valence-corrected chi connectivity index (χ2v) is 5.84. The van der Waals surface area contributed by atoms with Crippen molar-refractivity contribution in [2.24, 2.45) is 0 Å². The van der Waals surface area contributed by atoms with Gasteiger partial charge in [-0.15, -0.1) is 0 Å². The summed E-state index contributed by atoms with van der Waals surface area (Å²) in [4.78, 5) is 33.8. The first-order valence-corrected chi connectivity index (χ1v) is 8.70. The van der Waals surface area contributed by atoms with Crippen molar-refractivity contribution in [3.8, 4) is 5.75 Å². The first kappa shape index (κ1) is 19.4. The molecule has 0 spiro atoms. The summed E-state index contributed by atoms with van der Waals surface area (Å²) in [6.07, 6.45) is 6.82. The van der Waals surface area contributed by atoms with Crippen molar-refractivity contribution in [1.29, 1.82) is 0 Å². The predicted molar refractivity (Wildman–Crippen MR) is 97.7 cm³/mol. The van der Waals surface area contributed by atoms with E-state index in [0.717, 1.165) is 12.8 Å². The number of carbonyl (C=O) groups is 2. The Labute approximate surface area is 153 Å². The number of likely N-dealkylation sites (N-methyl/N-ethyl adjacent to an activating group) is 1. The number of rotatable bonds is 9. The first-order valence-electron chi connectivity index (χ1n) is 8.70. The van der Waals surface area contributed by atoms with Crippen LogP contribution in [0.2, 0.25) is 0 Å². The van der Waals surface area contributed by atoms with E-state index in [1.807, 2.05) is 19.1 Å². The average Bonchev–Trinajstić information content (AvgIpc) is 2.66. The standard InChI is InChI=1S/C19H24N4O3/c1-2-23(18(25)5-3-4-15-8-10-20-11-9-15)13-12-21-19(26)17-7-6-16(24)14-22-17/h6-11,14,24H,2-5,12-13H2,1H3,(H,21,26). The van der Waals surface area contributed by atoms with E-state index >= 15 is 0 Å². The maximum Gasteiger partial charge on any atom is 0.269 e. The summed E-state index contributed by atoms with van der Waals surface area (Å²) in [6.45, 7) is 3.32. The van der Waals surface area contributed by atoms with Gasteiger partial charge in [-0.05, 0) is 49.6 Å². The van der Waals surface area contributed by atoms with E-state index in [4.69, 9.17) is 0 Å². The van der Waals surface area contributed by atoms with E-state index < -0.39 is 0 Å². The molecule has 26 heavy (non-hydrogen) atoms. The fraction of sp³-hybridized carbons (Fsp3) is 0.368. The Hall–Kier alpha value is -2.96. The molecule has 0 aliphatic rings. The molecule has 0 aliphatic heterocycles. The number of nitrogens with zero attached hydrogens (tertiary/aromatic N) is 3. The van der Waals surface area contributed by atoms with Crippen LogP contribution in [0.3, 0.4) is 0 Å². The molecule has 0 bridgehead atoms. The number of nitrogens with one attached hydrogen (secondary N) is 1. The van der Waals surface area contributed by atoms with Gasteiger partial charge in [0.25, 0.3) is 5.91 Å². The highest BCUT2D eigenvalue weighted by Gasteiger charge is 2.12. The van der Waals surface area contributed by atoms with Gasteiger partial charge < -0.3 is 15.3 Å². The van der Waals surface area contributed by atoms with Crippen molar-refractivity contribution in [3.63, 3.8) is 0 Å². The van der Waals surface area contributed by atoms with Gasteiger partial charge in [-0.3, -0.25) is 14.6 Å². The molecule has 138 valence electrons. The van der Waals surface area contributed by atoms with Gasteiger partial charge in [0.2, 0.25) is 5.91 Å². The van der Waals surface area contributed by atoms with E-state index in [2.05, 4.69) is 15.3 Å². The zero-order chi connectivity index (χ0) is 18.8. The maximum atomic E-state index is 12.3. The third-order valence-corrected chi connectivity index (χ3v) is 3.99. The molecule has 0 atom stereocenters. The highest BCUT2D eigenvalue weighted by atomic mass is 16.3. The quantitative estimate of drug-likeness (QED) is 0.714. The molecule has 2 rings (SSSR count). The molecule has 2 N–H and O–H groups in total. The number of hydrogen-bond donors (Lipinski definition) is 2. The van der Waals surface area contributed by atoms with Crippen molar-refractivity contribution < 1.29 is 14.7 Å². The minimum atomic E-state index is -0.328. The fourth-order valence-electron chi connectivity index (χ4n) is 2.53. The summed E-state index contributed by atoms with van der Waals surface area (Å²) in [5.41, 5.74) is 1.40. The van der Waals surface area contributed by atoms with Gasteiger partial charge in [0.15, 0.2) is 0 Å². The van der Waals surface area contributed by atoms with Crippen LogP contribution in [-0.4, -0.2) is 51.4 Å². The van der Waals surface area contributed by atoms with Gasteiger partial charge >= 0.3 is 0 Å². The minimum Gasteiger partial charge on any atom is -0.506 e. The highest BCUT2D eigenvalue weighted by Crippen LogP contribution is 2.07. The van der Waals surface area contributed by atoms with Gasteiger partial charge in [0.05, 0.1) is 6.20 Å². The van der Waals surface area contributed by atoms with Crippen molar-refractivity contribution in [1.82, 2.24) is 20.2 Å². The lowest BCUT2D eigenvalue weighted by Crippen LogP contribution is -2.38. The third kappa shape index (κ3) is 6.16. The van der Waals surface area contributed by atoms with Crippen LogP contribution in [-0.2, 0) is 11.2 Å². The zero-order valence-electron chi connectivity index (χ0n) is 14.9. The number of pyridine rings is 2. The molecule has 2 aromatic rings. The van der Waals surface area contributed by atoms with E-state index in [1.54, 1.807) is 17.3 Å². The number of carbonyl (C=O) groups excluding carboxylic acids is 2. The first-order chi connectivity index (χ1) is 12.6. The van der Waals surface area contributed by atoms with Crippen molar-refractivity contribution in [2.45, 2.75) is 26.2 Å². The Morgan fingerprint density at radius 2 is 1.96 bits per heavy atom. The van der Waals surface area contributed by atoms with Gasteiger partial charge in [-0.2, -0.15) is 0 Å². The van der Waals surface area contributed by atoms with E-state index in [-0.39, 0.29) is 23.3 Å². The summed E-state index contributed by atoms with van der Waals surface area (Å²) in [6, 6.07) is 6.77. The molecule has 0 radical (unpaired) electrons. The number of aromatic nitrogens is 2. The lowest BCUT2D eigenvalue weighted by molar-refractivity contribution is -0.131. The molecular formula is C19H24N4O3. The number of hydrogen-bond acceptors (Lipinski definition) is 5. The molecule has 2 aromatic heterocycles. The van der Waals surface area contributed by atoms with Crippen molar-refractivity contribution in [3.05, 3.63) is 54.1 Å². The third-order valence-electron chi connectivity index (χ3n) is 3.99. The van der Waals surface area contributed by atoms with Crippen LogP contribution < -0.4 is 5.32 Å². The number of aromatic hydroxyl groups is 1. The second kappa shape index (κ2) is 10.1. The van der Waals surface area contributed by atoms with Gasteiger partial charge in [0.1, 0.15) is 11.4 Å². The van der Waals surface area contributed by atoms with Crippen molar-refractivity contribution >= 4 is 11.8 Å². The zero-order valence-corrected chi connectivity index (χ0v) is 14.9. The fourth-order valence-corrected chi connectivity index (χ4v) is 2.53. The topological polar surface area (TPSA) is 95.4 Å². The second-order valence-electron chi connectivity index (χ2n) is 5.84. The smallest absolute Gasteiger partial charge is 0.269 e. The Kier molecular flexibility index (Phi) is 7.54. The molecule has 7 nitrogen and oxygen atoms in total. The Balaban J connectivity index is 1.71. The number of amides is 2. The average molecular weight is 356 g/mol. The Morgan fingerprint density at radius 1 is 1.19 bits per heavy atom. The molecule has 2 heterocycles. The summed E-state index contributed by atoms with van der Waals surface area (Å²) >= 11 is 0. The molecule has 0 saturated carbocycles. The Bertz CT molecular complexity index is 704. The Morgan fingerprint density at radius 3 is 2.62 bits per heavy atom. The molecule has 0 aliphatic carbocycles. The molecule has 0 saturated heterocycles. The lowest BCUT2D eigenvalue weighted by atomic mass is 10.1. The summed E-state index contributed by atoms with van der Waals surface area (Å²) in [5.74, 6) is -0.235. The largest absolute Gasteiger partial charge is 0.506 e. The van der Waals surface area contributed by atoms with Crippen LogP contribution in [0.1, 0.15) is 35.8 Å². The van der Waals surface area contributed by atoms with E-state index in [9.17, 15) is 14.7 Å². The van der Waals surface area contributed by atoms with E-state index in [1.165, 1.54) is 23.9 Å². The van der Waals surface area contributed by atoms with Crippen LogP contribution >= 0.6 is 0 Å². The van der Waals surface area contributed by atoms with Gasteiger partial charge in [-0.1, -0.05) is 0 Å². The summed E-state index contributed by atoms with van der Waals surface area (Å²) in [5, 5.41) is 11.9. The molecule has 0 aromatic carbocycles. The molecular weight excluding hydrogens is 332 g/mol. The van der Waals surface area contributed by atoms with Gasteiger partial charge in [0, 0.05) is 38.4 Å². The van der Waals surface area contributed by atoms with E-state index in [0.29, 0.717) is 26.1 Å². The molecule has 0 fully saturated rings.